The molecule has 0 aliphatic heterocycles. The summed E-state index contributed by atoms with van der Waals surface area (Å²) in [6.07, 6.45) is 2.99. The van der Waals surface area contributed by atoms with E-state index in [0.717, 1.165) is 4.47 Å². The standard InChI is InChI=1S/C19H12BrFN4O3S/c20-12-1-6-15(28-9-17(26)24-14-4-2-13(21)3-5-14)11(7-12)8-16-18(27)25-19(29-16)22-10-23-25/h1-8,10H,9H2,(H,24,26)/b16-8-. The molecule has 146 valence electrons. The summed E-state index contributed by atoms with van der Waals surface area (Å²) in [4.78, 5) is 29.0. The van der Waals surface area contributed by atoms with Gasteiger partial charge in [-0.05, 0) is 48.5 Å². The molecule has 0 unspecified atom stereocenters. The average molecular weight is 475 g/mol. The quantitative estimate of drug-likeness (QED) is 0.480. The van der Waals surface area contributed by atoms with Crippen molar-refractivity contribution in [3.05, 3.63) is 79.5 Å². The van der Waals surface area contributed by atoms with E-state index in [4.69, 9.17) is 4.74 Å². The van der Waals surface area contributed by atoms with Crippen LogP contribution in [-0.2, 0) is 4.79 Å². The molecule has 0 bridgehead atoms. The highest BCUT2D eigenvalue weighted by molar-refractivity contribution is 9.10. The van der Waals surface area contributed by atoms with Crippen LogP contribution in [0.4, 0.5) is 10.1 Å². The highest BCUT2D eigenvalue weighted by Gasteiger charge is 2.10. The Hall–Kier alpha value is -3.11. The smallest absolute Gasteiger partial charge is 0.291 e. The van der Waals surface area contributed by atoms with Crippen molar-refractivity contribution in [2.24, 2.45) is 0 Å². The molecule has 2 heterocycles. The Balaban J connectivity index is 1.55. The van der Waals surface area contributed by atoms with Crippen LogP contribution in [0.1, 0.15) is 5.56 Å². The van der Waals surface area contributed by atoms with E-state index in [1.54, 1.807) is 24.3 Å². The molecule has 1 amide bonds. The molecule has 2 aromatic heterocycles. The van der Waals surface area contributed by atoms with Gasteiger partial charge >= 0.3 is 0 Å². The lowest BCUT2D eigenvalue weighted by Crippen LogP contribution is -2.24. The summed E-state index contributed by atoms with van der Waals surface area (Å²) in [7, 11) is 0. The van der Waals surface area contributed by atoms with E-state index in [1.807, 2.05) is 0 Å². The molecule has 4 rings (SSSR count). The van der Waals surface area contributed by atoms with Crippen LogP contribution in [0.3, 0.4) is 0 Å². The maximum atomic E-state index is 12.9. The van der Waals surface area contributed by atoms with Crippen molar-refractivity contribution in [2.45, 2.75) is 0 Å². The molecule has 0 radical (unpaired) electrons. The van der Waals surface area contributed by atoms with Crippen molar-refractivity contribution in [3.8, 4) is 5.75 Å². The zero-order valence-corrected chi connectivity index (χ0v) is 17.0. The fraction of sp³-hybridized carbons (Fsp3) is 0.0526. The molecule has 0 saturated carbocycles. The lowest BCUT2D eigenvalue weighted by Gasteiger charge is -2.10. The summed E-state index contributed by atoms with van der Waals surface area (Å²) in [6, 6.07) is 10.7. The maximum absolute atomic E-state index is 12.9. The first-order valence-corrected chi connectivity index (χ1v) is 9.92. The fourth-order valence-corrected chi connectivity index (χ4v) is 3.81. The number of anilines is 1. The molecule has 7 nitrogen and oxygen atoms in total. The first-order chi connectivity index (χ1) is 14.0. The van der Waals surface area contributed by atoms with Crippen molar-refractivity contribution in [3.63, 3.8) is 0 Å². The Morgan fingerprint density at radius 1 is 1.28 bits per heavy atom. The number of fused-ring (bicyclic) bond motifs is 1. The third kappa shape index (κ3) is 4.33. The Kier molecular flexibility index (Phi) is 5.36. The lowest BCUT2D eigenvalue weighted by molar-refractivity contribution is -0.118. The molecule has 0 saturated heterocycles. The van der Waals surface area contributed by atoms with Gasteiger partial charge in [0, 0.05) is 15.7 Å². The molecule has 10 heteroatoms. The molecule has 0 aliphatic rings. The van der Waals surface area contributed by atoms with Gasteiger partial charge in [-0.25, -0.2) is 9.37 Å². The molecule has 2 aromatic carbocycles. The monoisotopic (exact) mass is 474 g/mol. The Bertz CT molecular complexity index is 1300. The van der Waals surface area contributed by atoms with Crippen LogP contribution >= 0.6 is 27.3 Å². The van der Waals surface area contributed by atoms with Gasteiger partial charge in [-0.1, -0.05) is 27.3 Å². The number of benzene rings is 2. The second kappa shape index (κ2) is 8.10. The summed E-state index contributed by atoms with van der Waals surface area (Å²) in [5.41, 5.74) is 0.811. The number of hydrogen-bond acceptors (Lipinski definition) is 6. The number of amides is 1. The Labute approximate surface area is 175 Å². The van der Waals surface area contributed by atoms with Crippen molar-refractivity contribution in [1.82, 2.24) is 14.6 Å². The topological polar surface area (TPSA) is 85.6 Å². The number of carbonyl (C=O) groups excluding carboxylic acids is 1. The van der Waals surface area contributed by atoms with E-state index in [2.05, 4.69) is 31.3 Å². The first kappa shape index (κ1) is 19.2. The number of nitrogens with zero attached hydrogens (tertiary/aromatic N) is 3. The number of halogens is 2. The van der Waals surface area contributed by atoms with Crippen LogP contribution in [0, 0.1) is 5.82 Å². The van der Waals surface area contributed by atoms with Gasteiger partial charge in [-0.15, -0.1) is 0 Å². The van der Waals surface area contributed by atoms with Crippen LogP contribution in [0.15, 0.2) is 58.1 Å². The van der Waals surface area contributed by atoms with Gasteiger partial charge in [0.2, 0.25) is 4.96 Å². The van der Waals surface area contributed by atoms with Crippen molar-refractivity contribution in [2.75, 3.05) is 11.9 Å². The Morgan fingerprint density at radius 3 is 2.83 bits per heavy atom. The minimum absolute atomic E-state index is 0.251. The minimum Gasteiger partial charge on any atom is -0.483 e. The van der Waals surface area contributed by atoms with Crippen LogP contribution in [0.5, 0.6) is 5.75 Å². The maximum Gasteiger partial charge on any atom is 0.291 e. The second-order valence-corrected chi connectivity index (χ2v) is 7.82. The number of ether oxygens (including phenoxy) is 1. The average Bonchev–Trinajstić information content (AvgIpc) is 3.26. The minimum atomic E-state index is -0.395. The van der Waals surface area contributed by atoms with Crippen molar-refractivity contribution >= 4 is 49.9 Å². The van der Waals surface area contributed by atoms with Gasteiger partial charge in [0.1, 0.15) is 17.9 Å². The van der Waals surface area contributed by atoms with E-state index in [-0.39, 0.29) is 18.0 Å². The summed E-state index contributed by atoms with van der Waals surface area (Å²) >= 11 is 4.60. The van der Waals surface area contributed by atoms with Gasteiger partial charge in [-0.2, -0.15) is 9.61 Å². The molecular formula is C19H12BrFN4O3S. The largest absolute Gasteiger partial charge is 0.483 e. The van der Waals surface area contributed by atoms with Crippen LogP contribution in [-0.4, -0.2) is 27.1 Å². The van der Waals surface area contributed by atoms with Crippen LogP contribution < -0.4 is 20.1 Å². The normalized spacial score (nSPS) is 11.7. The third-order valence-electron chi connectivity index (χ3n) is 3.87. The molecule has 1 N–H and O–H groups in total. The summed E-state index contributed by atoms with van der Waals surface area (Å²) in [6.45, 7) is -0.251. The highest BCUT2D eigenvalue weighted by atomic mass is 79.9. The van der Waals surface area contributed by atoms with Crippen molar-refractivity contribution in [1.29, 1.82) is 0 Å². The first-order valence-electron chi connectivity index (χ1n) is 8.31. The molecular weight excluding hydrogens is 463 g/mol. The number of hydrogen-bond donors (Lipinski definition) is 1. The van der Waals surface area contributed by atoms with Crippen LogP contribution in [0.25, 0.3) is 11.0 Å². The molecule has 0 spiro atoms. The predicted octanol–water partition coefficient (Wildman–Crippen LogP) is 2.62. The summed E-state index contributed by atoms with van der Waals surface area (Å²) in [5.74, 6) is -0.349. The number of rotatable bonds is 5. The molecule has 4 aromatic rings. The molecule has 0 fully saturated rings. The number of aromatic nitrogens is 3. The van der Waals surface area contributed by atoms with E-state index in [0.29, 0.717) is 26.5 Å². The summed E-state index contributed by atoms with van der Waals surface area (Å²) in [5, 5.41) is 6.52. The predicted molar refractivity (Wildman–Crippen MR) is 111 cm³/mol. The zero-order valence-electron chi connectivity index (χ0n) is 14.6. The van der Waals surface area contributed by atoms with Gasteiger partial charge in [0.05, 0.1) is 4.53 Å². The van der Waals surface area contributed by atoms with E-state index in [1.165, 1.54) is 46.4 Å². The van der Waals surface area contributed by atoms with Crippen LogP contribution in [0.2, 0.25) is 0 Å². The highest BCUT2D eigenvalue weighted by Crippen LogP contribution is 2.24. The number of nitrogens with one attached hydrogen (secondary N) is 1. The second-order valence-electron chi connectivity index (χ2n) is 5.90. The van der Waals surface area contributed by atoms with Gasteiger partial charge in [0.15, 0.2) is 6.61 Å². The van der Waals surface area contributed by atoms with Gasteiger partial charge in [-0.3, -0.25) is 9.59 Å². The number of thiazole rings is 1. The van der Waals surface area contributed by atoms with E-state index < -0.39 is 5.91 Å². The molecule has 0 atom stereocenters. The van der Waals surface area contributed by atoms with E-state index in [9.17, 15) is 14.0 Å². The molecule has 0 aliphatic carbocycles. The SMILES string of the molecule is O=C(COc1ccc(Br)cc1/C=c1\sc2ncnn2c1=O)Nc1ccc(F)cc1. The molecule has 29 heavy (non-hydrogen) atoms. The zero-order chi connectivity index (χ0) is 20.4. The van der Waals surface area contributed by atoms with E-state index >= 15 is 0 Å². The fourth-order valence-electron chi connectivity index (χ4n) is 2.56. The third-order valence-corrected chi connectivity index (χ3v) is 5.33. The van der Waals surface area contributed by atoms with Gasteiger partial charge in [0.25, 0.3) is 11.5 Å². The van der Waals surface area contributed by atoms with Crippen molar-refractivity contribution < 1.29 is 13.9 Å². The lowest BCUT2D eigenvalue weighted by atomic mass is 10.2. The Morgan fingerprint density at radius 2 is 2.07 bits per heavy atom. The summed E-state index contributed by atoms with van der Waals surface area (Å²) < 4.78 is 21.1. The van der Waals surface area contributed by atoms with Gasteiger partial charge < -0.3 is 10.1 Å². The number of carbonyl (C=O) groups is 1.